The summed E-state index contributed by atoms with van der Waals surface area (Å²) in [6, 6.07) is 19.2. The van der Waals surface area contributed by atoms with Crippen LogP contribution in [0.2, 0.25) is 0 Å². The number of ether oxygens (including phenoxy) is 2. The number of guanidine groups is 1. The monoisotopic (exact) mass is 635 g/mol. The number of aromatic nitrogens is 2. The van der Waals surface area contributed by atoms with Gasteiger partial charge in [-0.05, 0) is 80.3 Å². The molecular weight excluding hydrogens is 606 g/mol. The van der Waals surface area contributed by atoms with Crippen LogP contribution in [0.5, 0.6) is 5.75 Å². The Balaban J connectivity index is 1.31. The minimum Gasteiger partial charge on any atom is -0.489 e. The van der Waals surface area contributed by atoms with Gasteiger partial charge in [-0.3, -0.25) is 5.32 Å². The number of carboxylic acid groups (broad SMARTS) is 1. The van der Waals surface area contributed by atoms with Crippen LogP contribution in [-0.2, 0) is 11.3 Å². The molecule has 1 aliphatic heterocycles. The third kappa shape index (κ3) is 7.24. The van der Waals surface area contributed by atoms with Crippen LogP contribution in [0.1, 0.15) is 51.1 Å². The highest BCUT2D eigenvalue weighted by Gasteiger charge is 2.35. The summed E-state index contributed by atoms with van der Waals surface area (Å²) < 4.78 is 17.9. The fraction of sp³-hybridized carbons (Fsp3) is 0.300. The Kier molecular flexibility index (Phi) is 8.44. The van der Waals surface area contributed by atoms with Crippen molar-refractivity contribution in [1.82, 2.24) is 20.4 Å². The summed E-state index contributed by atoms with van der Waals surface area (Å²) >= 11 is 3.48. The van der Waals surface area contributed by atoms with Crippen LogP contribution in [0.4, 0.5) is 9.59 Å². The molecule has 1 aliphatic rings. The maximum Gasteiger partial charge on any atom is 0.434 e. The summed E-state index contributed by atoms with van der Waals surface area (Å²) in [5.41, 5.74) is 1.06. The molecule has 12 heteroatoms. The lowest BCUT2D eigenvalue weighted by molar-refractivity contribution is 0.0555. The Morgan fingerprint density at radius 1 is 1.14 bits per heavy atom. The zero-order valence-electron chi connectivity index (χ0n) is 23.3. The molecule has 0 spiro atoms. The first-order chi connectivity index (χ1) is 20.0. The van der Waals surface area contributed by atoms with Crippen LogP contribution in [0.15, 0.2) is 74.7 Å². The largest absolute Gasteiger partial charge is 0.489 e. The number of halogens is 1. The Bertz CT molecular complexity index is 1650. The molecule has 11 nitrogen and oxygen atoms in total. The van der Waals surface area contributed by atoms with E-state index < -0.39 is 23.8 Å². The van der Waals surface area contributed by atoms with Gasteiger partial charge < -0.3 is 24.0 Å². The van der Waals surface area contributed by atoms with Crippen LogP contribution < -0.4 is 10.1 Å². The summed E-state index contributed by atoms with van der Waals surface area (Å²) in [6.07, 6.45) is -0.941. The number of carbonyl (C=O) groups is 2. The topological polar surface area (TPSA) is 139 Å². The number of hydrogen-bond donors (Lipinski definition) is 2. The maximum atomic E-state index is 12.4. The molecule has 0 aliphatic carbocycles. The fourth-order valence-corrected chi connectivity index (χ4v) is 5.11. The highest BCUT2D eigenvalue weighted by Crippen LogP contribution is 2.33. The van der Waals surface area contributed by atoms with Gasteiger partial charge in [-0.15, -0.1) is 4.99 Å². The molecule has 2 amide bonds. The molecule has 1 fully saturated rings. The Hall–Kier alpha value is -4.45. The van der Waals surface area contributed by atoms with E-state index in [2.05, 4.69) is 36.4 Å². The van der Waals surface area contributed by atoms with Gasteiger partial charge in [0.15, 0.2) is 0 Å². The number of benzene rings is 3. The number of aliphatic imine (C=N–C) groups is 1. The molecule has 1 atom stereocenters. The highest BCUT2D eigenvalue weighted by molar-refractivity contribution is 9.10. The molecule has 1 unspecified atom stereocenters. The number of fused-ring (bicyclic) bond motifs is 1. The molecule has 2 N–H and O–H groups in total. The molecular formula is C30H30BrN5O6. The summed E-state index contributed by atoms with van der Waals surface area (Å²) in [5.74, 6) is 1.30. The first kappa shape index (κ1) is 29.1. The quantitative estimate of drug-likeness (QED) is 0.176. The van der Waals surface area contributed by atoms with E-state index in [1.165, 1.54) is 0 Å². The zero-order chi connectivity index (χ0) is 29.9. The molecule has 42 heavy (non-hydrogen) atoms. The van der Waals surface area contributed by atoms with Crippen molar-refractivity contribution in [2.24, 2.45) is 4.99 Å². The minimum atomic E-state index is -1.45. The van der Waals surface area contributed by atoms with Crippen molar-refractivity contribution in [2.45, 2.75) is 51.9 Å². The standard InChI is InChI=1S/C30H30BrN5O6/c1-30(2,3)41-29(39)34-27(33-28(37)38)36-13-5-8-24(36)26-32-25(35-42-26)21-10-9-20-16-23(12-11-19(20)15-21)40-17-18-6-4-7-22(31)14-18/h4,6-7,9-12,14-16,24H,5,8,13,17H2,1-3H3,(H,37,38)(H,33,34,39). The molecule has 0 radical (unpaired) electrons. The average molecular weight is 637 g/mol. The predicted molar refractivity (Wildman–Crippen MR) is 159 cm³/mol. The predicted octanol–water partition coefficient (Wildman–Crippen LogP) is 6.93. The number of nitrogens with one attached hydrogen (secondary N) is 1. The summed E-state index contributed by atoms with van der Waals surface area (Å²) in [7, 11) is 0. The third-order valence-electron chi connectivity index (χ3n) is 6.43. The zero-order valence-corrected chi connectivity index (χ0v) is 24.9. The number of likely N-dealkylation sites (tertiary alicyclic amines) is 1. The molecule has 4 aromatic rings. The van der Waals surface area contributed by atoms with Gasteiger partial charge in [0.2, 0.25) is 17.7 Å². The van der Waals surface area contributed by atoms with E-state index in [0.717, 1.165) is 32.1 Å². The van der Waals surface area contributed by atoms with Crippen LogP contribution in [0, 0.1) is 0 Å². The molecule has 1 aromatic heterocycles. The number of alkyl carbamates (subject to hydrolysis) is 1. The van der Waals surface area contributed by atoms with E-state index >= 15 is 0 Å². The SMILES string of the molecule is CC(C)(C)OC(=O)NC(=NC(=O)O)N1CCCC1c1nc(-c2ccc3cc(OCc4cccc(Br)c4)ccc3c2)no1. The van der Waals surface area contributed by atoms with Crippen LogP contribution in [0.25, 0.3) is 22.2 Å². The van der Waals surface area contributed by atoms with Gasteiger partial charge in [0.25, 0.3) is 0 Å². The maximum absolute atomic E-state index is 12.4. The van der Waals surface area contributed by atoms with E-state index in [9.17, 15) is 14.7 Å². The lowest BCUT2D eigenvalue weighted by Crippen LogP contribution is -2.46. The lowest BCUT2D eigenvalue weighted by atomic mass is 10.1. The van der Waals surface area contributed by atoms with Crippen molar-refractivity contribution in [1.29, 1.82) is 0 Å². The number of amides is 2. The first-order valence-corrected chi connectivity index (χ1v) is 14.2. The summed E-state index contributed by atoms with van der Waals surface area (Å²) in [6.45, 7) is 6.03. The van der Waals surface area contributed by atoms with Gasteiger partial charge in [-0.1, -0.05) is 51.4 Å². The fourth-order valence-electron chi connectivity index (χ4n) is 4.66. The van der Waals surface area contributed by atoms with Gasteiger partial charge >= 0.3 is 12.2 Å². The van der Waals surface area contributed by atoms with Gasteiger partial charge in [-0.2, -0.15) is 4.98 Å². The van der Waals surface area contributed by atoms with Crippen molar-refractivity contribution in [3.8, 4) is 17.1 Å². The van der Waals surface area contributed by atoms with E-state index in [-0.39, 0.29) is 5.96 Å². The minimum absolute atomic E-state index is 0.150. The molecule has 1 saturated heterocycles. The van der Waals surface area contributed by atoms with Crippen molar-refractivity contribution in [3.05, 3.63) is 76.6 Å². The molecule has 3 aromatic carbocycles. The molecule has 5 rings (SSSR count). The van der Waals surface area contributed by atoms with Crippen molar-refractivity contribution < 1.29 is 28.7 Å². The summed E-state index contributed by atoms with van der Waals surface area (Å²) in [5, 5.41) is 17.9. The Morgan fingerprint density at radius 3 is 2.69 bits per heavy atom. The second-order valence-electron chi connectivity index (χ2n) is 10.8. The van der Waals surface area contributed by atoms with Gasteiger partial charge in [-0.25, -0.2) is 9.59 Å². The van der Waals surface area contributed by atoms with Crippen molar-refractivity contribution in [2.75, 3.05) is 6.54 Å². The second-order valence-corrected chi connectivity index (χ2v) is 11.7. The van der Waals surface area contributed by atoms with Crippen LogP contribution in [0.3, 0.4) is 0 Å². The van der Waals surface area contributed by atoms with Crippen LogP contribution in [-0.4, -0.2) is 50.4 Å². The molecule has 218 valence electrons. The van der Waals surface area contributed by atoms with Crippen LogP contribution >= 0.6 is 15.9 Å². The Morgan fingerprint density at radius 2 is 1.93 bits per heavy atom. The molecule has 0 saturated carbocycles. The van der Waals surface area contributed by atoms with Crippen molar-refractivity contribution in [3.63, 3.8) is 0 Å². The molecule has 2 heterocycles. The number of nitrogens with zero attached hydrogens (tertiary/aromatic N) is 4. The van der Waals surface area contributed by atoms with E-state index in [0.29, 0.717) is 37.7 Å². The summed E-state index contributed by atoms with van der Waals surface area (Å²) in [4.78, 5) is 33.7. The number of rotatable bonds is 5. The third-order valence-corrected chi connectivity index (χ3v) is 6.92. The molecule has 0 bridgehead atoms. The van der Waals surface area contributed by atoms with E-state index in [1.807, 2.05) is 60.7 Å². The number of hydrogen-bond acceptors (Lipinski definition) is 7. The Labute approximate surface area is 250 Å². The van der Waals surface area contributed by atoms with E-state index in [1.54, 1.807) is 25.7 Å². The normalized spacial score (nSPS) is 15.6. The van der Waals surface area contributed by atoms with Gasteiger partial charge in [0, 0.05) is 16.6 Å². The van der Waals surface area contributed by atoms with Crippen molar-refractivity contribution >= 4 is 44.8 Å². The first-order valence-electron chi connectivity index (χ1n) is 13.4. The second kappa shape index (κ2) is 12.2. The van der Waals surface area contributed by atoms with Gasteiger partial charge in [0.05, 0.1) is 0 Å². The smallest absolute Gasteiger partial charge is 0.434 e. The van der Waals surface area contributed by atoms with E-state index in [4.69, 9.17) is 14.0 Å². The lowest BCUT2D eigenvalue weighted by Gasteiger charge is -2.26. The number of carbonyl (C=O) groups excluding carboxylic acids is 1. The van der Waals surface area contributed by atoms with Gasteiger partial charge in [0.1, 0.15) is 24.0 Å². The average Bonchev–Trinajstić information content (AvgIpc) is 3.60. The highest BCUT2D eigenvalue weighted by atomic mass is 79.9.